The van der Waals surface area contributed by atoms with Crippen LogP contribution in [0.3, 0.4) is 0 Å². The molecule has 0 saturated carbocycles. The maximum absolute atomic E-state index is 12.2. The normalized spacial score (nSPS) is 11.1. The Morgan fingerprint density at radius 3 is 2.50 bits per heavy atom. The molecule has 0 radical (unpaired) electrons. The third-order valence-corrected chi connectivity index (χ3v) is 4.88. The lowest BCUT2D eigenvalue weighted by molar-refractivity contribution is -0.384. The van der Waals surface area contributed by atoms with Crippen molar-refractivity contribution in [2.45, 2.75) is 6.92 Å². The number of rotatable bonds is 7. The first-order valence-electron chi connectivity index (χ1n) is 10.3. The van der Waals surface area contributed by atoms with E-state index in [0.717, 1.165) is 5.69 Å². The van der Waals surface area contributed by atoms with Crippen LogP contribution in [0.15, 0.2) is 82.9 Å². The second kappa shape index (κ2) is 9.67. The van der Waals surface area contributed by atoms with E-state index in [2.05, 4.69) is 5.10 Å². The summed E-state index contributed by atoms with van der Waals surface area (Å²) in [5.74, 6) is 0.157. The van der Waals surface area contributed by atoms with Gasteiger partial charge in [0.2, 0.25) is 0 Å². The molecule has 2 aromatic heterocycles. The molecule has 9 heteroatoms. The molecule has 0 bridgehead atoms. The van der Waals surface area contributed by atoms with E-state index in [1.807, 2.05) is 36.4 Å². The fourth-order valence-electron chi connectivity index (χ4n) is 3.27. The number of carbonyl (C=O) groups is 1. The van der Waals surface area contributed by atoms with Gasteiger partial charge in [-0.1, -0.05) is 18.2 Å². The molecule has 0 fully saturated rings. The van der Waals surface area contributed by atoms with Crippen LogP contribution in [-0.2, 0) is 9.53 Å². The third kappa shape index (κ3) is 4.61. The summed E-state index contributed by atoms with van der Waals surface area (Å²) in [7, 11) is 0. The van der Waals surface area contributed by atoms with Gasteiger partial charge in [-0.2, -0.15) is 10.4 Å². The summed E-state index contributed by atoms with van der Waals surface area (Å²) >= 11 is 0. The van der Waals surface area contributed by atoms with E-state index in [-0.39, 0.29) is 17.9 Å². The molecule has 0 unspecified atom stereocenters. The average molecular weight is 454 g/mol. The first kappa shape index (κ1) is 22.2. The molecular weight excluding hydrogens is 436 g/mol. The molecular formula is C25H18N4O5. The van der Waals surface area contributed by atoms with Crippen molar-refractivity contribution in [2.24, 2.45) is 0 Å². The van der Waals surface area contributed by atoms with E-state index < -0.39 is 10.9 Å². The summed E-state index contributed by atoms with van der Waals surface area (Å²) in [6, 6.07) is 20.6. The number of non-ortho nitro benzene ring substituents is 1. The van der Waals surface area contributed by atoms with Crippen molar-refractivity contribution < 1.29 is 18.9 Å². The number of esters is 1. The number of nitriles is 1. The van der Waals surface area contributed by atoms with Gasteiger partial charge in [-0.15, -0.1) is 0 Å². The molecule has 0 aliphatic rings. The van der Waals surface area contributed by atoms with Crippen molar-refractivity contribution in [3.8, 4) is 34.5 Å². The number of para-hydroxylation sites is 1. The smallest absolute Gasteiger partial charge is 0.348 e. The largest absolute Gasteiger partial charge is 0.462 e. The molecule has 4 rings (SSSR count). The number of furan rings is 1. The van der Waals surface area contributed by atoms with Crippen LogP contribution in [0.25, 0.3) is 34.5 Å². The lowest BCUT2D eigenvalue weighted by atomic mass is 10.1. The first-order valence-corrected chi connectivity index (χ1v) is 10.3. The van der Waals surface area contributed by atoms with Crippen molar-refractivity contribution in [1.82, 2.24) is 9.78 Å². The lowest BCUT2D eigenvalue weighted by Crippen LogP contribution is -2.06. The van der Waals surface area contributed by atoms with Crippen LogP contribution < -0.4 is 0 Å². The van der Waals surface area contributed by atoms with Crippen LogP contribution in [0, 0.1) is 21.4 Å². The Hall–Kier alpha value is -4.97. The number of nitro groups is 1. The van der Waals surface area contributed by atoms with Crippen molar-refractivity contribution in [3.63, 3.8) is 0 Å². The van der Waals surface area contributed by atoms with E-state index in [0.29, 0.717) is 28.3 Å². The van der Waals surface area contributed by atoms with E-state index in [1.54, 1.807) is 42.1 Å². The highest BCUT2D eigenvalue weighted by atomic mass is 16.6. The predicted octanol–water partition coefficient (Wildman–Crippen LogP) is 5.18. The number of hydrogen-bond acceptors (Lipinski definition) is 7. The molecule has 0 atom stereocenters. The molecule has 0 saturated heterocycles. The number of carbonyl (C=O) groups excluding carboxylic acids is 1. The molecule has 0 aliphatic carbocycles. The minimum Gasteiger partial charge on any atom is -0.462 e. The van der Waals surface area contributed by atoms with E-state index >= 15 is 0 Å². The second-order valence-corrected chi connectivity index (χ2v) is 7.07. The van der Waals surface area contributed by atoms with Crippen LogP contribution in [0.1, 0.15) is 12.5 Å². The SMILES string of the molecule is CCOC(=O)/C(C#N)=C/c1cn(-c2ccccc2)nc1-c1ccc(-c2ccc([N+](=O)[O-])cc2)o1. The molecule has 34 heavy (non-hydrogen) atoms. The average Bonchev–Trinajstić information content (AvgIpc) is 3.50. The van der Waals surface area contributed by atoms with Gasteiger partial charge in [0, 0.05) is 29.5 Å². The molecule has 4 aromatic rings. The Bertz CT molecular complexity index is 1410. The minimum atomic E-state index is -0.727. The summed E-state index contributed by atoms with van der Waals surface area (Å²) in [6.45, 7) is 1.80. The van der Waals surface area contributed by atoms with Gasteiger partial charge >= 0.3 is 5.97 Å². The van der Waals surface area contributed by atoms with Crippen LogP contribution in [-0.4, -0.2) is 27.3 Å². The molecule has 0 N–H and O–H groups in total. The molecule has 2 heterocycles. The maximum atomic E-state index is 12.2. The Morgan fingerprint density at radius 2 is 1.85 bits per heavy atom. The van der Waals surface area contributed by atoms with Gasteiger partial charge in [0.15, 0.2) is 5.76 Å². The second-order valence-electron chi connectivity index (χ2n) is 7.07. The van der Waals surface area contributed by atoms with Crippen molar-refractivity contribution in [2.75, 3.05) is 6.61 Å². The summed E-state index contributed by atoms with van der Waals surface area (Å²) in [6.07, 6.45) is 3.10. The first-order chi connectivity index (χ1) is 16.5. The van der Waals surface area contributed by atoms with Crippen LogP contribution in [0.2, 0.25) is 0 Å². The van der Waals surface area contributed by atoms with Crippen LogP contribution >= 0.6 is 0 Å². The predicted molar refractivity (Wildman–Crippen MR) is 124 cm³/mol. The van der Waals surface area contributed by atoms with Gasteiger partial charge in [0.05, 0.1) is 17.2 Å². The Morgan fingerprint density at radius 1 is 1.15 bits per heavy atom. The zero-order chi connectivity index (χ0) is 24.1. The fraction of sp³-hybridized carbons (Fsp3) is 0.0800. The Labute approximate surface area is 194 Å². The Balaban J connectivity index is 1.78. The molecule has 2 aromatic carbocycles. The lowest BCUT2D eigenvalue weighted by Gasteiger charge is -2.00. The fourth-order valence-corrected chi connectivity index (χ4v) is 3.27. The summed E-state index contributed by atoms with van der Waals surface area (Å²) in [4.78, 5) is 22.6. The van der Waals surface area contributed by atoms with Crippen molar-refractivity contribution >= 4 is 17.7 Å². The highest BCUT2D eigenvalue weighted by Gasteiger charge is 2.18. The van der Waals surface area contributed by atoms with E-state index in [9.17, 15) is 20.2 Å². The zero-order valence-corrected chi connectivity index (χ0v) is 18.0. The van der Waals surface area contributed by atoms with Crippen LogP contribution in [0.5, 0.6) is 0 Å². The third-order valence-electron chi connectivity index (χ3n) is 4.88. The van der Waals surface area contributed by atoms with Gasteiger partial charge in [-0.25, -0.2) is 9.48 Å². The standard InChI is InChI=1S/C25H18N4O5/c1-2-33-25(30)18(15-26)14-19-16-28(20-6-4-3-5-7-20)27-24(19)23-13-12-22(34-23)17-8-10-21(11-9-17)29(31)32/h3-14,16H,2H2,1H3/b18-14+. The maximum Gasteiger partial charge on any atom is 0.348 e. The van der Waals surface area contributed by atoms with Gasteiger partial charge in [-0.05, 0) is 49.4 Å². The number of aromatic nitrogens is 2. The number of ether oxygens (including phenoxy) is 1. The number of benzene rings is 2. The Kier molecular flexibility index (Phi) is 6.32. The van der Waals surface area contributed by atoms with Gasteiger partial charge in [0.1, 0.15) is 23.1 Å². The molecule has 0 aliphatic heterocycles. The van der Waals surface area contributed by atoms with Crippen molar-refractivity contribution in [3.05, 3.63) is 94.2 Å². The number of nitro benzene ring substituents is 1. The quantitative estimate of drug-likeness (QED) is 0.124. The highest BCUT2D eigenvalue weighted by molar-refractivity contribution is 5.98. The number of hydrogen-bond donors (Lipinski definition) is 0. The van der Waals surface area contributed by atoms with Gasteiger partial charge < -0.3 is 9.15 Å². The van der Waals surface area contributed by atoms with Crippen molar-refractivity contribution in [1.29, 1.82) is 5.26 Å². The molecule has 168 valence electrons. The summed E-state index contributed by atoms with van der Waals surface area (Å²) in [5.41, 5.74) is 2.14. The highest BCUT2D eigenvalue weighted by Crippen LogP contribution is 2.32. The monoisotopic (exact) mass is 454 g/mol. The van der Waals surface area contributed by atoms with Gasteiger partial charge in [-0.3, -0.25) is 10.1 Å². The molecule has 0 amide bonds. The van der Waals surface area contributed by atoms with E-state index in [4.69, 9.17) is 9.15 Å². The summed E-state index contributed by atoms with van der Waals surface area (Å²) < 4.78 is 12.6. The van der Waals surface area contributed by atoms with Gasteiger partial charge in [0.25, 0.3) is 5.69 Å². The zero-order valence-electron chi connectivity index (χ0n) is 18.0. The topological polar surface area (TPSA) is 124 Å². The van der Waals surface area contributed by atoms with Crippen LogP contribution in [0.4, 0.5) is 5.69 Å². The minimum absolute atomic E-state index is 0.0208. The molecule has 0 spiro atoms. The number of nitrogens with zero attached hydrogens (tertiary/aromatic N) is 4. The van der Waals surface area contributed by atoms with E-state index in [1.165, 1.54) is 18.2 Å². The molecule has 9 nitrogen and oxygen atoms in total. The summed E-state index contributed by atoms with van der Waals surface area (Å²) in [5, 5.41) is 25.0.